The van der Waals surface area contributed by atoms with Crippen molar-refractivity contribution in [3.8, 4) is 0 Å². The molecule has 1 spiro atoms. The molecule has 0 aromatic rings. The van der Waals surface area contributed by atoms with E-state index in [4.69, 9.17) is 5.11 Å². The second kappa shape index (κ2) is 5.61. The Labute approximate surface area is 140 Å². The third-order valence-electron chi connectivity index (χ3n) is 7.52. The molecule has 3 nitrogen and oxygen atoms in total. The van der Waals surface area contributed by atoms with Crippen LogP contribution in [0.1, 0.15) is 66.2 Å². The highest BCUT2D eigenvalue weighted by molar-refractivity contribution is 5.69. The minimum atomic E-state index is -0.692. The predicted molar refractivity (Wildman–Crippen MR) is 90.9 cm³/mol. The summed E-state index contributed by atoms with van der Waals surface area (Å²) in [5.41, 5.74) is 1.71. The number of allylic oxidation sites excluding steroid dienone is 1. The Morgan fingerprint density at radius 3 is 2.78 bits per heavy atom. The third kappa shape index (κ3) is 2.38. The van der Waals surface area contributed by atoms with Gasteiger partial charge in [-0.15, -0.1) is 0 Å². The normalized spacial score (nSPS) is 42.2. The Morgan fingerprint density at radius 2 is 2.13 bits per heavy atom. The van der Waals surface area contributed by atoms with Crippen LogP contribution in [0.3, 0.4) is 0 Å². The number of carboxylic acids is 1. The van der Waals surface area contributed by atoms with Gasteiger partial charge >= 0.3 is 5.97 Å². The summed E-state index contributed by atoms with van der Waals surface area (Å²) in [5, 5.41) is 20.0. The molecule has 4 aliphatic carbocycles. The molecule has 0 unspecified atom stereocenters. The highest BCUT2D eigenvalue weighted by Crippen LogP contribution is 2.69. The van der Waals surface area contributed by atoms with Crippen molar-refractivity contribution in [1.29, 1.82) is 0 Å². The molecule has 2 saturated carbocycles. The summed E-state index contributed by atoms with van der Waals surface area (Å²) in [5.74, 6) is 0.648. The number of carboxylic acid groups (broad SMARTS) is 1. The number of fused-ring (bicyclic) bond motifs is 2. The second-order valence-electron chi connectivity index (χ2n) is 9.00. The van der Waals surface area contributed by atoms with Crippen LogP contribution in [0, 0.1) is 34.5 Å². The molecule has 2 bridgehead atoms. The minimum Gasteiger partial charge on any atom is -0.481 e. The van der Waals surface area contributed by atoms with E-state index < -0.39 is 5.97 Å². The van der Waals surface area contributed by atoms with Crippen LogP contribution in [0.2, 0.25) is 0 Å². The lowest BCUT2D eigenvalue weighted by atomic mass is 9.44. The summed E-state index contributed by atoms with van der Waals surface area (Å²) in [6.07, 6.45) is 8.24. The van der Waals surface area contributed by atoms with Crippen molar-refractivity contribution < 1.29 is 15.0 Å². The van der Waals surface area contributed by atoms with Crippen LogP contribution in [0.15, 0.2) is 11.6 Å². The lowest BCUT2D eigenvalue weighted by molar-refractivity contribution is -0.141. The number of aliphatic carboxylic acids is 1. The van der Waals surface area contributed by atoms with Crippen LogP contribution >= 0.6 is 0 Å². The molecule has 6 atom stereocenters. The quantitative estimate of drug-likeness (QED) is 0.744. The van der Waals surface area contributed by atoms with Gasteiger partial charge in [0, 0.05) is 5.41 Å². The van der Waals surface area contributed by atoms with E-state index in [1.807, 2.05) is 0 Å². The van der Waals surface area contributed by atoms with E-state index in [0.717, 1.165) is 32.1 Å². The van der Waals surface area contributed by atoms with E-state index in [-0.39, 0.29) is 22.9 Å². The first-order chi connectivity index (χ1) is 10.7. The predicted octanol–water partition coefficient (Wildman–Crippen LogP) is 4.26. The molecule has 0 radical (unpaired) electrons. The van der Waals surface area contributed by atoms with Gasteiger partial charge in [0.25, 0.3) is 0 Å². The zero-order valence-electron chi connectivity index (χ0n) is 15.0. The van der Waals surface area contributed by atoms with Crippen LogP contribution < -0.4 is 0 Å². The maximum Gasteiger partial charge on any atom is 0.306 e. The Bertz CT molecular complexity index is 521. The Morgan fingerprint density at radius 1 is 1.43 bits per heavy atom. The topological polar surface area (TPSA) is 57.5 Å². The molecule has 0 aromatic heterocycles. The van der Waals surface area contributed by atoms with E-state index in [0.29, 0.717) is 17.8 Å². The molecule has 2 N–H and O–H groups in total. The van der Waals surface area contributed by atoms with E-state index in [1.54, 1.807) is 6.92 Å². The molecule has 2 fully saturated rings. The van der Waals surface area contributed by atoms with Crippen molar-refractivity contribution in [2.45, 2.75) is 72.3 Å². The standard InChI is InChI=1S/C20H32O3/c1-12(18(22)23)6-5-7-16-19(3,4)14-8-9-20(16)15(11-14)13(2)10-17(20)21/h11-14,16-17,21H,5-10H2,1-4H3,(H,22,23)/t12-,13-,14+,16+,17-,20+/m0/s1. The van der Waals surface area contributed by atoms with Crippen molar-refractivity contribution in [2.24, 2.45) is 34.5 Å². The SMILES string of the molecule is C[C@@H](CCC[C@@H]1C(C)(C)[C@H]2C=C3[C@@H](C)C[C@H](O)[C@]31CC2)C(=O)O. The molecule has 4 aliphatic rings. The molecular weight excluding hydrogens is 288 g/mol. The molecule has 0 aromatic carbocycles. The van der Waals surface area contributed by atoms with Crippen molar-refractivity contribution >= 4 is 5.97 Å². The Balaban J connectivity index is 1.83. The molecule has 130 valence electrons. The fourth-order valence-electron chi connectivity index (χ4n) is 6.15. The average Bonchev–Trinajstić information content (AvgIpc) is 2.73. The van der Waals surface area contributed by atoms with Gasteiger partial charge in [-0.1, -0.05) is 45.8 Å². The smallest absolute Gasteiger partial charge is 0.306 e. The van der Waals surface area contributed by atoms with E-state index in [9.17, 15) is 9.90 Å². The molecular formula is C20H32O3. The van der Waals surface area contributed by atoms with E-state index >= 15 is 0 Å². The first-order valence-corrected chi connectivity index (χ1v) is 9.34. The van der Waals surface area contributed by atoms with Crippen LogP contribution in [-0.2, 0) is 4.79 Å². The second-order valence-corrected chi connectivity index (χ2v) is 9.00. The lowest BCUT2D eigenvalue weighted by Gasteiger charge is -2.60. The van der Waals surface area contributed by atoms with Crippen molar-refractivity contribution in [3.05, 3.63) is 11.6 Å². The van der Waals surface area contributed by atoms with Gasteiger partial charge in [-0.3, -0.25) is 4.79 Å². The van der Waals surface area contributed by atoms with Crippen LogP contribution in [0.4, 0.5) is 0 Å². The van der Waals surface area contributed by atoms with Gasteiger partial charge in [0.15, 0.2) is 0 Å². The number of hydrogen-bond acceptors (Lipinski definition) is 2. The maximum absolute atomic E-state index is 11.1. The third-order valence-corrected chi connectivity index (χ3v) is 7.52. The van der Waals surface area contributed by atoms with Crippen molar-refractivity contribution in [2.75, 3.05) is 0 Å². The summed E-state index contributed by atoms with van der Waals surface area (Å²) in [6.45, 7) is 8.80. The highest BCUT2D eigenvalue weighted by Gasteiger charge is 2.63. The van der Waals surface area contributed by atoms with Crippen molar-refractivity contribution in [1.82, 2.24) is 0 Å². The molecule has 3 heteroatoms. The largest absolute Gasteiger partial charge is 0.481 e. The molecule has 0 amide bonds. The Hall–Kier alpha value is -0.830. The minimum absolute atomic E-state index is 0.0237. The summed E-state index contributed by atoms with van der Waals surface area (Å²) in [4.78, 5) is 11.1. The first kappa shape index (κ1) is 17.0. The van der Waals surface area contributed by atoms with Crippen molar-refractivity contribution in [3.63, 3.8) is 0 Å². The number of aliphatic hydroxyl groups is 1. The first-order valence-electron chi connectivity index (χ1n) is 9.34. The lowest BCUT2D eigenvalue weighted by Crippen LogP contribution is -2.55. The number of carbonyl (C=O) groups is 1. The summed E-state index contributed by atoms with van der Waals surface area (Å²) < 4.78 is 0. The van der Waals surface area contributed by atoms with Gasteiger partial charge in [0.2, 0.25) is 0 Å². The number of hydrogen-bond donors (Lipinski definition) is 2. The van der Waals surface area contributed by atoms with Gasteiger partial charge in [0.1, 0.15) is 0 Å². The van der Waals surface area contributed by atoms with Gasteiger partial charge in [-0.25, -0.2) is 0 Å². The van der Waals surface area contributed by atoms with Gasteiger partial charge in [-0.2, -0.15) is 0 Å². The van der Waals surface area contributed by atoms with Gasteiger partial charge in [-0.05, 0) is 55.3 Å². The molecule has 23 heavy (non-hydrogen) atoms. The number of aliphatic hydroxyl groups excluding tert-OH is 1. The van der Waals surface area contributed by atoms with Crippen LogP contribution in [-0.4, -0.2) is 22.3 Å². The highest BCUT2D eigenvalue weighted by atomic mass is 16.4. The Kier molecular flexibility index (Phi) is 4.15. The number of rotatable bonds is 5. The molecule has 0 heterocycles. The monoisotopic (exact) mass is 320 g/mol. The van der Waals surface area contributed by atoms with E-state index in [2.05, 4.69) is 26.8 Å². The summed E-state index contributed by atoms with van der Waals surface area (Å²) >= 11 is 0. The molecule has 0 aliphatic heterocycles. The fourth-order valence-corrected chi connectivity index (χ4v) is 6.15. The molecule has 0 saturated heterocycles. The maximum atomic E-state index is 11.1. The zero-order valence-corrected chi connectivity index (χ0v) is 15.0. The molecule has 4 rings (SSSR count). The van der Waals surface area contributed by atoms with Crippen LogP contribution in [0.5, 0.6) is 0 Å². The fraction of sp³-hybridized carbons (Fsp3) is 0.850. The average molecular weight is 320 g/mol. The summed E-state index contributed by atoms with van der Waals surface area (Å²) in [6, 6.07) is 0. The van der Waals surface area contributed by atoms with Crippen LogP contribution in [0.25, 0.3) is 0 Å². The van der Waals surface area contributed by atoms with Gasteiger partial charge < -0.3 is 10.2 Å². The summed E-state index contributed by atoms with van der Waals surface area (Å²) in [7, 11) is 0. The zero-order chi connectivity index (χ0) is 17.0. The van der Waals surface area contributed by atoms with E-state index in [1.165, 1.54) is 12.0 Å². The van der Waals surface area contributed by atoms with Gasteiger partial charge in [0.05, 0.1) is 12.0 Å².